The van der Waals surface area contributed by atoms with Crippen LogP contribution in [0.5, 0.6) is 0 Å². The molecular formula is C23H27N3O3S. The second-order valence-electron chi connectivity index (χ2n) is 7.31. The maximum atomic E-state index is 12.9. The van der Waals surface area contributed by atoms with Gasteiger partial charge in [-0.1, -0.05) is 18.2 Å². The maximum absolute atomic E-state index is 12.9. The van der Waals surface area contributed by atoms with Crippen LogP contribution in [-0.2, 0) is 9.59 Å². The minimum atomic E-state index is -0.634. The molecule has 6 nitrogen and oxygen atoms in total. The number of hydrogen-bond acceptors (Lipinski definition) is 4. The van der Waals surface area contributed by atoms with Gasteiger partial charge in [0, 0.05) is 29.9 Å². The number of rotatable bonds is 8. The first-order valence-corrected chi connectivity index (χ1v) is 11.5. The molecule has 158 valence electrons. The highest BCUT2D eigenvalue weighted by atomic mass is 32.2. The third-order valence-corrected chi connectivity index (χ3v) is 5.74. The molecule has 1 saturated heterocycles. The zero-order valence-electron chi connectivity index (χ0n) is 17.3. The summed E-state index contributed by atoms with van der Waals surface area (Å²) in [6, 6.07) is 13.8. The van der Waals surface area contributed by atoms with Crippen LogP contribution in [-0.4, -0.2) is 42.3 Å². The van der Waals surface area contributed by atoms with Crippen molar-refractivity contribution in [3.8, 4) is 0 Å². The third-order valence-electron chi connectivity index (χ3n) is 5.10. The van der Waals surface area contributed by atoms with E-state index < -0.39 is 6.04 Å². The molecule has 1 atom stereocenters. The Labute approximate surface area is 181 Å². The topological polar surface area (TPSA) is 78.5 Å². The Bertz CT molecular complexity index is 917. The fourth-order valence-electron chi connectivity index (χ4n) is 3.50. The molecular weight excluding hydrogens is 398 g/mol. The molecule has 3 amide bonds. The first-order valence-electron chi connectivity index (χ1n) is 10.1. The molecule has 0 aromatic heterocycles. The number of carbonyl (C=O) groups is 3. The van der Waals surface area contributed by atoms with E-state index in [0.29, 0.717) is 24.1 Å². The molecule has 1 fully saturated rings. The highest BCUT2D eigenvalue weighted by Crippen LogP contribution is 2.27. The van der Waals surface area contributed by atoms with Gasteiger partial charge in [0.05, 0.1) is 0 Å². The van der Waals surface area contributed by atoms with Gasteiger partial charge in [0.15, 0.2) is 0 Å². The van der Waals surface area contributed by atoms with E-state index >= 15 is 0 Å². The molecule has 0 radical (unpaired) electrons. The van der Waals surface area contributed by atoms with Crippen molar-refractivity contribution in [1.82, 2.24) is 5.32 Å². The third kappa shape index (κ3) is 5.42. The predicted molar refractivity (Wildman–Crippen MR) is 122 cm³/mol. The Morgan fingerprint density at radius 2 is 1.93 bits per heavy atom. The molecule has 2 aromatic carbocycles. The van der Waals surface area contributed by atoms with E-state index in [1.807, 2.05) is 31.4 Å². The number of carbonyl (C=O) groups excluding carboxylic acids is 3. The molecule has 30 heavy (non-hydrogen) atoms. The van der Waals surface area contributed by atoms with E-state index in [0.717, 1.165) is 30.0 Å². The fourth-order valence-corrected chi connectivity index (χ4v) is 3.98. The van der Waals surface area contributed by atoms with Gasteiger partial charge >= 0.3 is 0 Å². The number of hydrogen-bond donors (Lipinski definition) is 2. The summed E-state index contributed by atoms with van der Waals surface area (Å²) < 4.78 is 0. The summed E-state index contributed by atoms with van der Waals surface area (Å²) in [6.45, 7) is 2.66. The molecule has 0 saturated carbocycles. The van der Waals surface area contributed by atoms with E-state index in [-0.39, 0.29) is 17.7 Å². The number of nitrogens with one attached hydrogen (secondary N) is 2. The second-order valence-corrected chi connectivity index (χ2v) is 8.30. The number of nitrogens with zero attached hydrogens (tertiary/aromatic N) is 1. The zero-order valence-corrected chi connectivity index (χ0v) is 18.1. The Balaban J connectivity index is 1.69. The van der Waals surface area contributed by atoms with Gasteiger partial charge in [0.1, 0.15) is 6.04 Å². The van der Waals surface area contributed by atoms with Crippen LogP contribution in [0.1, 0.15) is 35.2 Å². The van der Waals surface area contributed by atoms with Crippen molar-refractivity contribution in [2.24, 2.45) is 0 Å². The zero-order chi connectivity index (χ0) is 21.5. The molecule has 1 unspecified atom stereocenters. The average Bonchev–Trinajstić information content (AvgIpc) is 3.17. The van der Waals surface area contributed by atoms with Crippen molar-refractivity contribution in [3.05, 3.63) is 59.7 Å². The predicted octanol–water partition coefficient (Wildman–Crippen LogP) is 3.61. The lowest BCUT2D eigenvalue weighted by Gasteiger charge is -2.21. The van der Waals surface area contributed by atoms with E-state index in [2.05, 4.69) is 10.6 Å². The minimum Gasteiger partial charge on any atom is -0.340 e. The van der Waals surface area contributed by atoms with Crippen LogP contribution < -0.4 is 15.5 Å². The van der Waals surface area contributed by atoms with Gasteiger partial charge in [-0.2, -0.15) is 11.8 Å². The Kier molecular flexibility index (Phi) is 7.52. The van der Waals surface area contributed by atoms with Crippen LogP contribution in [0, 0.1) is 6.92 Å². The Hall–Kier alpha value is -2.80. The summed E-state index contributed by atoms with van der Waals surface area (Å²) >= 11 is 1.63. The number of benzene rings is 2. The molecule has 7 heteroatoms. The summed E-state index contributed by atoms with van der Waals surface area (Å²) in [5, 5.41) is 5.76. The van der Waals surface area contributed by atoms with Crippen LogP contribution >= 0.6 is 11.8 Å². The molecule has 1 heterocycles. The lowest BCUT2D eigenvalue weighted by atomic mass is 10.1. The van der Waals surface area contributed by atoms with E-state index in [4.69, 9.17) is 0 Å². The number of amides is 3. The number of thioether (sulfide) groups is 1. The molecule has 1 aliphatic heterocycles. The molecule has 3 rings (SSSR count). The second kappa shape index (κ2) is 10.3. The molecule has 1 aliphatic rings. The highest BCUT2D eigenvalue weighted by molar-refractivity contribution is 7.98. The van der Waals surface area contributed by atoms with E-state index in [9.17, 15) is 14.4 Å². The van der Waals surface area contributed by atoms with Gasteiger partial charge in [-0.25, -0.2) is 0 Å². The van der Waals surface area contributed by atoms with E-state index in [1.54, 1.807) is 47.0 Å². The summed E-state index contributed by atoms with van der Waals surface area (Å²) in [5.74, 6) is 0.367. The van der Waals surface area contributed by atoms with Crippen molar-refractivity contribution in [2.45, 2.75) is 32.2 Å². The first-order chi connectivity index (χ1) is 14.5. The molecule has 0 aliphatic carbocycles. The van der Waals surface area contributed by atoms with E-state index in [1.165, 1.54) is 0 Å². The SMILES string of the molecule is CSCCC(NC(=O)c1ccccc1)C(=O)Nc1ccc(N2CCCC2=O)c(C)c1. The number of anilines is 2. The number of aryl methyl sites for hydroxylation is 1. The molecule has 2 aromatic rings. The lowest BCUT2D eigenvalue weighted by Crippen LogP contribution is -2.44. The summed E-state index contributed by atoms with van der Waals surface area (Å²) in [7, 11) is 0. The van der Waals surface area contributed by atoms with Crippen molar-refractivity contribution in [3.63, 3.8) is 0 Å². The van der Waals surface area contributed by atoms with Gasteiger partial charge in [-0.05, 0) is 67.7 Å². The highest BCUT2D eigenvalue weighted by Gasteiger charge is 2.24. The van der Waals surface area contributed by atoms with Gasteiger partial charge < -0.3 is 15.5 Å². The van der Waals surface area contributed by atoms with Crippen molar-refractivity contribution in [2.75, 3.05) is 28.8 Å². The van der Waals surface area contributed by atoms with Gasteiger partial charge in [-0.15, -0.1) is 0 Å². The first kappa shape index (κ1) is 21.9. The monoisotopic (exact) mass is 425 g/mol. The standard InChI is InChI=1S/C23H27N3O3S/c1-16-15-18(10-11-20(16)26-13-6-9-21(26)27)24-23(29)19(12-14-30-2)25-22(28)17-7-4-3-5-8-17/h3-5,7-8,10-11,15,19H,6,9,12-14H2,1-2H3,(H,24,29)(H,25,28). The van der Waals surface area contributed by atoms with Gasteiger partial charge in [-0.3, -0.25) is 14.4 Å². The van der Waals surface area contributed by atoms with Crippen LogP contribution in [0.4, 0.5) is 11.4 Å². The van der Waals surface area contributed by atoms with Crippen LogP contribution in [0.15, 0.2) is 48.5 Å². The van der Waals surface area contributed by atoms with Crippen LogP contribution in [0.2, 0.25) is 0 Å². The smallest absolute Gasteiger partial charge is 0.251 e. The minimum absolute atomic E-state index is 0.135. The van der Waals surface area contributed by atoms with Crippen molar-refractivity contribution >= 4 is 40.9 Å². The lowest BCUT2D eigenvalue weighted by molar-refractivity contribution is -0.118. The average molecular weight is 426 g/mol. The van der Waals surface area contributed by atoms with Crippen molar-refractivity contribution in [1.29, 1.82) is 0 Å². The van der Waals surface area contributed by atoms with Gasteiger partial charge in [0.2, 0.25) is 11.8 Å². The largest absolute Gasteiger partial charge is 0.340 e. The summed E-state index contributed by atoms with van der Waals surface area (Å²) in [6.07, 6.45) is 3.95. The fraction of sp³-hybridized carbons (Fsp3) is 0.348. The van der Waals surface area contributed by atoms with Crippen LogP contribution in [0.25, 0.3) is 0 Å². The molecule has 2 N–H and O–H groups in total. The maximum Gasteiger partial charge on any atom is 0.251 e. The summed E-state index contributed by atoms with van der Waals surface area (Å²) in [4.78, 5) is 39.2. The van der Waals surface area contributed by atoms with Crippen molar-refractivity contribution < 1.29 is 14.4 Å². The van der Waals surface area contributed by atoms with Crippen LogP contribution in [0.3, 0.4) is 0 Å². The Morgan fingerprint density at radius 1 is 1.17 bits per heavy atom. The molecule has 0 spiro atoms. The normalized spacial score (nSPS) is 14.5. The Morgan fingerprint density at radius 3 is 2.57 bits per heavy atom. The quantitative estimate of drug-likeness (QED) is 0.677. The molecule has 0 bridgehead atoms. The summed E-state index contributed by atoms with van der Waals surface area (Å²) in [5.41, 5.74) is 2.98. The van der Waals surface area contributed by atoms with Gasteiger partial charge in [0.25, 0.3) is 5.91 Å².